The minimum absolute atomic E-state index is 0.333. The van der Waals surface area contributed by atoms with E-state index in [1.807, 2.05) is 18.3 Å². The molecule has 3 rings (SSSR count). The van der Waals surface area contributed by atoms with Gasteiger partial charge in [0.15, 0.2) is 0 Å². The highest BCUT2D eigenvalue weighted by Crippen LogP contribution is 2.30. The van der Waals surface area contributed by atoms with Crippen LogP contribution in [0.3, 0.4) is 0 Å². The fraction of sp³-hybridized carbons (Fsp3) is 0.250. The van der Waals surface area contributed by atoms with E-state index in [0.717, 1.165) is 36.2 Å². The van der Waals surface area contributed by atoms with E-state index >= 15 is 0 Å². The molecular formula is C12H10ClN3. The molecule has 0 saturated carbocycles. The minimum Gasteiger partial charge on any atom is -0.264 e. The van der Waals surface area contributed by atoms with Crippen LogP contribution in [0.4, 0.5) is 0 Å². The Hall–Kier alpha value is -1.48. The predicted molar refractivity (Wildman–Crippen MR) is 62.3 cm³/mol. The average Bonchev–Trinajstić information content (AvgIpc) is 2.77. The molecule has 16 heavy (non-hydrogen) atoms. The predicted octanol–water partition coefficient (Wildman–Crippen LogP) is 2.68. The highest BCUT2D eigenvalue weighted by Gasteiger charge is 2.19. The summed E-state index contributed by atoms with van der Waals surface area (Å²) in [5.41, 5.74) is 4.29. The lowest BCUT2D eigenvalue weighted by molar-refractivity contribution is 0.899. The lowest BCUT2D eigenvalue weighted by atomic mass is 10.1. The van der Waals surface area contributed by atoms with Gasteiger partial charge in [0, 0.05) is 29.2 Å². The maximum absolute atomic E-state index is 5.94. The van der Waals surface area contributed by atoms with Gasteiger partial charge in [0.05, 0.1) is 5.69 Å². The first-order valence-electron chi connectivity index (χ1n) is 5.30. The van der Waals surface area contributed by atoms with Gasteiger partial charge in [-0.1, -0.05) is 0 Å². The van der Waals surface area contributed by atoms with Crippen molar-refractivity contribution >= 4 is 11.6 Å². The fourth-order valence-corrected chi connectivity index (χ4v) is 2.33. The van der Waals surface area contributed by atoms with Crippen LogP contribution in [0.25, 0.3) is 11.3 Å². The van der Waals surface area contributed by atoms with Gasteiger partial charge in [-0.25, -0.2) is 9.97 Å². The molecule has 0 radical (unpaired) electrons. The summed E-state index contributed by atoms with van der Waals surface area (Å²) in [6, 6.07) is 3.91. The largest absolute Gasteiger partial charge is 0.264 e. The number of pyridine rings is 1. The van der Waals surface area contributed by atoms with Gasteiger partial charge >= 0.3 is 0 Å². The molecule has 0 saturated heterocycles. The zero-order valence-electron chi connectivity index (χ0n) is 8.65. The van der Waals surface area contributed by atoms with Crippen LogP contribution >= 0.6 is 11.6 Å². The molecule has 3 nitrogen and oxygen atoms in total. The molecule has 0 atom stereocenters. The highest BCUT2D eigenvalue weighted by atomic mass is 35.5. The SMILES string of the molecule is Clc1nc2c(c(-c3cccnc3)n1)CCC2. The van der Waals surface area contributed by atoms with Crippen molar-refractivity contribution in [3.8, 4) is 11.3 Å². The van der Waals surface area contributed by atoms with Gasteiger partial charge in [-0.15, -0.1) is 0 Å². The molecule has 4 heteroatoms. The Morgan fingerprint density at radius 3 is 2.94 bits per heavy atom. The number of halogens is 1. The molecular weight excluding hydrogens is 222 g/mol. The number of aryl methyl sites for hydroxylation is 1. The Morgan fingerprint density at radius 1 is 1.19 bits per heavy atom. The van der Waals surface area contributed by atoms with Gasteiger partial charge < -0.3 is 0 Å². The van der Waals surface area contributed by atoms with Crippen molar-refractivity contribution in [3.63, 3.8) is 0 Å². The van der Waals surface area contributed by atoms with Gasteiger partial charge in [-0.3, -0.25) is 4.98 Å². The van der Waals surface area contributed by atoms with Crippen LogP contribution < -0.4 is 0 Å². The van der Waals surface area contributed by atoms with Crippen molar-refractivity contribution in [1.29, 1.82) is 0 Å². The van der Waals surface area contributed by atoms with E-state index in [1.165, 1.54) is 5.56 Å². The molecule has 0 fully saturated rings. The first-order valence-corrected chi connectivity index (χ1v) is 5.68. The van der Waals surface area contributed by atoms with Crippen molar-refractivity contribution < 1.29 is 0 Å². The van der Waals surface area contributed by atoms with Crippen LogP contribution in [-0.2, 0) is 12.8 Å². The number of nitrogens with zero attached hydrogens (tertiary/aromatic N) is 3. The summed E-state index contributed by atoms with van der Waals surface area (Å²) < 4.78 is 0. The maximum atomic E-state index is 5.94. The molecule has 0 spiro atoms. The summed E-state index contributed by atoms with van der Waals surface area (Å²) >= 11 is 5.94. The quantitative estimate of drug-likeness (QED) is 0.709. The average molecular weight is 232 g/mol. The van der Waals surface area contributed by atoms with E-state index in [0.29, 0.717) is 5.28 Å². The summed E-state index contributed by atoms with van der Waals surface area (Å²) in [7, 11) is 0. The van der Waals surface area contributed by atoms with Crippen LogP contribution in [0, 0.1) is 0 Å². The molecule has 0 bridgehead atoms. The third kappa shape index (κ3) is 1.57. The van der Waals surface area contributed by atoms with Crippen LogP contribution in [0.1, 0.15) is 17.7 Å². The molecule has 1 aliphatic carbocycles. The first kappa shape index (κ1) is 9.73. The zero-order chi connectivity index (χ0) is 11.0. The highest BCUT2D eigenvalue weighted by molar-refractivity contribution is 6.28. The van der Waals surface area contributed by atoms with Crippen LogP contribution in [0.2, 0.25) is 5.28 Å². The van der Waals surface area contributed by atoms with Crippen molar-refractivity contribution in [2.45, 2.75) is 19.3 Å². The standard InChI is InChI=1S/C12H10ClN3/c13-12-15-10-5-1-4-9(10)11(16-12)8-3-2-6-14-7-8/h2-3,6-7H,1,4-5H2. The Balaban J connectivity index is 2.21. The number of hydrogen-bond acceptors (Lipinski definition) is 3. The van der Waals surface area contributed by atoms with Gasteiger partial charge in [0.2, 0.25) is 5.28 Å². The molecule has 0 aliphatic heterocycles. The van der Waals surface area contributed by atoms with E-state index in [-0.39, 0.29) is 0 Å². The van der Waals surface area contributed by atoms with E-state index < -0.39 is 0 Å². The Morgan fingerprint density at radius 2 is 2.12 bits per heavy atom. The monoisotopic (exact) mass is 231 g/mol. The van der Waals surface area contributed by atoms with E-state index in [2.05, 4.69) is 15.0 Å². The van der Waals surface area contributed by atoms with Crippen molar-refractivity contribution in [1.82, 2.24) is 15.0 Å². The third-order valence-corrected chi connectivity index (χ3v) is 3.01. The molecule has 0 N–H and O–H groups in total. The summed E-state index contributed by atoms with van der Waals surface area (Å²) in [5, 5.41) is 0.333. The summed E-state index contributed by atoms with van der Waals surface area (Å²) in [6.45, 7) is 0. The topological polar surface area (TPSA) is 38.7 Å². The van der Waals surface area contributed by atoms with Crippen LogP contribution in [0.15, 0.2) is 24.5 Å². The number of aromatic nitrogens is 3. The van der Waals surface area contributed by atoms with Crippen molar-refractivity contribution in [2.75, 3.05) is 0 Å². The normalized spacial score (nSPS) is 13.8. The van der Waals surface area contributed by atoms with E-state index in [4.69, 9.17) is 11.6 Å². The molecule has 0 aromatic carbocycles. The summed E-state index contributed by atoms with van der Waals surface area (Å²) in [4.78, 5) is 12.7. The minimum atomic E-state index is 0.333. The molecule has 1 aliphatic rings. The fourth-order valence-electron chi connectivity index (χ4n) is 2.14. The summed E-state index contributed by atoms with van der Waals surface area (Å²) in [6.07, 6.45) is 6.75. The Kier molecular flexibility index (Phi) is 2.33. The van der Waals surface area contributed by atoms with Gasteiger partial charge in [-0.2, -0.15) is 0 Å². The first-order chi connectivity index (χ1) is 7.84. The third-order valence-electron chi connectivity index (χ3n) is 2.84. The van der Waals surface area contributed by atoms with Gasteiger partial charge in [0.25, 0.3) is 0 Å². The number of hydrogen-bond donors (Lipinski definition) is 0. The second kappa shape index (κ2) is 3.83. The molecule has 2 aromatic rings. The molecule has 0 unspecified atom stereocenters. The molecule has 80 valence electrons. The van der Waals surface area contributed by atoms with Crippen LogP contribution in [0.5, 0.6) is 0 Å². The smallest absolute Gasteiger partial charge is 0.223 e. The lowest BCUT2D eigenvalue weighted by Gasteiger charge is -2.06. The van der Waals surface area contributed by atoms with Crippen molar-refractivity contribution in [2.24, 2.45) is 0 Å². The van der Waals surface area contributed by atoms with E-state index in [9.17, 15) is 0 Å². The second-order valence-electron chi connectivity index (χ2n) is 3.86. The van der Waals surface area contributed by atoms with Gasteiger partial charge in [-0.05, 0) is 43.0 Å². The van der Waals surface area contributed by atoms with Crippen LogP contribution in [-0.4, -0.2) is 15.0 Å². The molecule has 0 amide bonds. The number of fused-ring (bicyclic) bond motifs is 1. The molecule has 2 aromatic heterocycles. The molecule has 2 heterocycles. The summed E-state index contributed by atoms with van der Waals surface area (Å²) in [5.74, 6) is 0. The maximum Gasteiger partial charge on any atom is 0.223 e. The number of rotatable bonds is 1. The lowest BCUT2D eigenvalue weighted by Crippen LogP contribution is -1.97. The van der Waals surface area contributed by atoms with E-state index in [1.54, 1.807) is 6.20 Å². The Bertz CT molecular complexity index is 525. The van der Waals surface area contributed by atoms with Crippen molar-refractivity contribution in [3.05, 3.63) is 41.1 Å². The Labute approximate surface area is 98.5 Å². The van der Waals surface area contributed by atoms with Gasteiger partial charge in [0.1, 0.15) is 0 Å². The zero-order valence-corrected chi connectivity index (χ0v) is 9.41. The second-order valence-corrected chi connectivity index (χ2v) is 4.20.